The second kappa shape index (κ2) is 7.19. The number of aromatic nitrogens is 1. The highest BCUT2D eigenvalue weighted by Gasteiger charge is 2.14. The first-order valence-corrected chi connectivity index (χ1v) is 8.54. The van der Waals surface area contributed by atoms with Crippen molar-refractivity contribution in [3.8, 4) is 0 Å². The van der Waals surface area contributed by atoms with Gasteiger partial charge in [0, 0.05) is 23.9 Å². The molecule has 0 aliphatic heterocycles. The molecule has 0 saturated heterocycles. The molecule has 0 aliphatic carbocycles. The quantitative estimate of drug-likeness (QED) is 0.839. The second-order valence-corrected chi connectivity index (χ2v) is 7.44. The Morgan fingerprint density at radius 2 is 1.95 bits per heavy atom. The lowest BCUT2D eigenvalue weighted by atomic mass is 10.1. The average molecular weight is 302 g/mol. The summed E-state index contributed by atoms with van der Waals surface area (Å²) in [7, 11) is 0. The van der Waals surface area contributed by atoms with Gasteiger partial charge in [-0.25, -0.2) is 4.98 Å². The molecule has 0 atom stereocenters. The number of benzene rings is 1. The van der Waals surface area contributed by atoms with Crippen LogP contribution in [0.3, 0.4) is 0 Å². The van der Waals surface area contributed by atoms with E-state index in [1.807, 2.05) is 11.3 Å². The Kier molecular flexibility index (Phi) is 5.54. The van der Waals surface area contributed by atoms with Crippen LogP contribution >= 0.6 is 11.3 Å². The molecule has 0 radical (unpaired) electrons. The van der Waals surface area contributed by atoms with Crippen LogP contribution in [0.1, 0.15) is 60.3 Å². The highest BCUT2D eigenvalue weighted by molar-refractivity contribution is 7.11. The first-order chi connectivity index (χ1) is 9.95. The number of hydrogen-bond donors (Lipinski definition) is 1. The minimum absolute atomic E-state index is 0.483. The summed E-state index contributed by atoms with van der Waals surface area (Å²) in [5, 5.41) is 4.74. The molecule has 3 heteroatoms. The fraction of sp³-hybridized carbons (Fsp3) is 0.500. The van der Waals surface area contributed by atoms with Gasteiger partial charge in [-0.3, -0.25) is 0 Å². The summed E-state index contributed by atoms with van der Waals surface area (Å²) in [5.74, 6) is 0.483. The smallest absolute Gasteiger partial charge is 0.0975 e. The van der Waals surface area contributed by atoms with Crippen molar-refractivity contribution in [2.24, 2.45) is 0 Å². The van der Waals surface area contributed by atoms with Gasteiger partial charge in [0.1, 0.15) is 0 Å². The molecule has 1 heterocycles. The monoisotopic (exact) mass is 302 g/mol. The highest BCUT2D eigenvalue weighted by Crippen LogP contribution is 2.27. The van der Waals surface area contributed by atoms with E-state index in [-0.39, 0.29) is 0 Å². The largest absolute Gasteiger partial charge is 0.310 e. The van der Waals surface area contributed by atoms with E-state index in [0.717, 1.165) is 13.0 Å². The summed E-state index contributed by atoms with van der Waals surface area (Å²) in [5.41, 5.74) is 3.92. The third kappa shape index (κ3) is 4.65. The number of nitrogens with one attached hydrogen (secondary N) is 1. The molecule has 0 aliphatic rings. The van der Waals surface area contributed by atoms with Crippen LogP contribution in [0.2, 0.25) is 0 Å². The zero-order valence-electron chi connectivity index (χ0n) is 13.7. The summed E-state index contributed by atoms with van der Waals surface area (Å²) in [6.45, 7) is 11.9. The van der Waals surface area contributed by atoms with Crippen molar-refractivity contribution in [1.82, 2.24) is 10.3 Å². The van der Waals surface area contributed by atoms with Crippen LogP contribution in [0.5, 0.6) is 0 Å². The van der Waals surface area contributed by atoms with Crippen LogP contribution < -0.4 is 5.32 Å². The number of rotatable bonds is 6. The van der Waals surface area contributed by atoms with Crippen molar-refractivity contribution in [2.75, 3.05) is 0 Å². The fourth-order valence-corrected chi connectivity index (χ4v) is 3.57. The summed E-state index contributed by atoms with van der Waals surface area (Å²) >= 11 is 1.86. The molecule has 114 valence electrons. The summed E-state index contributed by atoms with van der Waals surface area (Å²) in [6, 6.07) is 9.22. The molecule has 0 bridgehead atoms. The van der Waals surface area contributed by atoms with Crippen LogP contribution in [0.4, 0.5) is 0 Å². The van der Waals surface area contributed by atoms with E-state index >= 15 is 0 Å². The van der Waals surface area contributed by atoms with E-state index < -0.39 is 0 Å². The molecule has 1 aromatic heterocycles. The molecular weight excluding hydrogens is 276 g/mol. The molecule has 1 aromatic carbocycles. The zero-order chi connectivity index (χ0) is 15.4. The Bertz CT molecular complexity index is 585. The third-order valence-corrected chi connectivity index (χ3v) is 4.50. The lowest BCUT2D eigenvalue weighted by Gasteiger charge is -2.09. The van der Waals surface area contributed by atoms with Crippen LogP contribution in [-0.2, 0) is 13.0 Å². The highest BCUT2D eigenvalue weighted by atomic mass is 32.1. The first kappa shape index (κ1) is 16.2. The van der Waals surface area contributed by atoms with E-state index in [0.29, 0.717) is 12.0 Å². The van der Waals surface area contributed by atoms with E-state index in [1.54, 1.807) is 0 Å². The van der Waals surface area contributed by atoms with Crippen LogP contribution in [0.15, 0.2) is 24.3 Å². The number of hydrogen-bond acceptors (Lipinski definition) is 3. The Morgan fingerprint density at radius 3 is 2.57 bits per heavy atom. The van der Waals surface area contributed by atoms with Gasteiger partial charge in [-0.15, -0.1) is 11.3 Å². The molecule has 1 N–H and O–H groups in total. The molecule has 21 heavy (non-hydrogen) atoms. The van der Waals surface area contributed by atoms with E-state index in [4.69, 9.17) is 4.98 Å². The molecular formula is C18H26N2S. The van der Waals surface area contributed by atoms with E-state index in [1.165, 1.54) is 26.7 Å². The lowest BCUT2D eigenvalue weighted by Crippen LogP contribution is -2.22. The predicted molar refractivity (Wildman–Crippen MR) is 92.2 cm³/mol. The molecule has 0 unspecified atom stereocenters. The SMILES string of the molecule is Cc1cccc(Cc2nc(C(C)C)c(CNC(C)C)s2)c1. The topological polar surface area (TPSA) is 24.9 Å². The van der Waals surface area contributed by atoms with Crippen LogP contribution in [0, 0.1) is 6.92 Å². The fourth-order valence-electron chi connectivity index (χ4n) is 2.36. The molecule has 2 nitrogen and oxygen atoms in total. The van der Waals surface area contributed by atoms with Crippen molar-refractivity contribution in [1.29, 1.82) is 0 Å². The number of thiazole rings is 1. The van der Waals surface area contributed by atoms with Gasteiger partial charge in [-0.2, -0.15) is 0 Å². The molecule has 2 rings (SSSR count). The van der Waals surface area contributed by atoms with Gasteiger partial charge < -0.3 is 5.32 Å². The predicted octanol–water partition coefficient (Wildman–Crippen LogP) is 4.66. The third-order valence-electron chi connectivity index (χ3n) is 3.43. The minimum atomic E-state index is 0.483. The van der Waals surface area contributed by atoms with Crippen LogP contribution in [-0.4, -0.2) is 11.0 Å². The Morgan fingerprint density at radius 1 is 1.19 bits per heavy atom. The van der Waals surface area contributed by atoms with E-state index in [9.17, 15) is 0 Å². The summed E-state index contributed by atoms with van der Waals surface area (Å²) < 4.78 is 0. The van der Waals surface area contributed by atoms with E-state index in [2.05, 4.69) is 64.2 Å². The van der Waals surface area contributed by atoms with Gasteiger partial charge in [0.15, 0.2) is 0 Å². The molecule has 2 aromatic rings. The Balaban J connectivity index is 2.18. The summed E-state index contributed by atoms with van der Waals surface area (Å²) in [4.78, 5) is 6.28. The van der Waals surface area contributed by atoms with Gasteiger partial charge in [0.25, 0.3) is 0 Å². The average Bonchev–Trinajstić information content (AvgIpc) is 2.79. The zero-order valence-corrected chi connectivity index (χ0v) is 14.6. The van der Waals surface area contributed by atoms with Crippen molar-refractivity contribution in [2.45, 2.75) is 59.5 Å². The molecule has 0 saturated carbocycles. The first-order valence-electron chi connectivity index (χ1n) is 7.73. The Hall–Kier alpha value is -1.19. The molecule has 0 spiro atoms. The summed E-state index contributed by atoms with van der Waals surface area (Å²) in [6.07, 6.45) is 0.938. The normalized spacial score (nSPS) is 11.6. The molecule has 0 fully saturated rings. The van der Waals surface area contributed by atoms with Crippen molar-refractivity contribution in [3.63, 3.8) is 0 Å². The lowest BCUT2D eigenvalue weighted by molar-refractivity contribution is 0.588. The van der Waals surface area contributed by atoms with Crippen molar-refractivity contribution < 1.29 is 0 Å². The van der Waals surface area contributed by atoms with Crippen molar-refractivity contribution >= 4 is 11.3 Å². The van der Waals surface area contributed by atoms with Gasteiger partial charge >= 0.3 is 0 Å². The van der Waals surface area contributed by atoms with Gasteiger partial charge in [0.05, 0.1) is 10.7 Å². The van der Waals surface area contributed by atoms with Crippen molar-refractivity contribution in [3.05, 3.63) is 51.0 Å². The van der Waals surface area contributed by atoms with Gasteiger partial charge in [-0.05, 0) is 18.4 Å². The standard InChI is InChI=1S/C18H26N2S/c1-12(2)18-16(11-19-13(3)4)21-17(20-18)10-15-8-6-7-14(5)9-15/h6-9,12-13,19H,10-11H2,1-5H3. The maximum absolute atomic E-state index is 4.89. The maximum atomic E-state index is 4.89. The minimum Gasteiger partial charge on any atom is -0.310 e. The second-order valence-electron chi connectivity index (χ2n) is 6.27. The van der Waals surface area contributed by atoms with Crippen LogP contribution in [0.25, 0.3) is 0 Å². The van der Waals surface area contributed by atoms with Gasteiger partial charge in [0.2, 0.25) is 0 Å². The van der Waals surface area contributed by atoms with Gasteiger partial charge in [-0.1, -0.05) is 57.5 Å². The maximum Gasteiger partial charge on any atom is 0.0975 e. The Labute approximate surface area is 132 Å². The number of aryl methyl sites for hydroxylation is 1. The molecule has 0 amide bonds. The number of nitrogens with zero attached hydrogens (tertiary/aromatic N) is 1.